The predicted molar refractivity (Wildman–Crippen MR) is 57.1 cm³/mol. The number of carbonyl (C=O) groups is 1. The third kappa shape index (κ3) is 3.00. The molecule has 0 amide bonds. The molecular weight excluding hydrogens is 270 g/mol. The molecule has 1 fully saturated rings. The van der Waals surface area contributed by atoms with Crippen molar-refractivity contribution in [2.75, 3.05) is 6.61 Å². The highest BCUT2D eigenvalue weighted by Gasteiger charge is 2.45. The number of esters is 1. The highest BCUT2D eigenvalue weighted by molar-refractivity contribution is 7.96. The van der Waals surface area contributed by atoms with E-state index in [0.717, 1.165) is 12.8 Å². The van der Waals surface area contributed by atoms with Gasteiger partial charge in [0.2, 0.25) is 0 Å². The van der Waals surface area contributed by atoms with Gasteiger partial charge in [-0.25, -0.2) is 10.1 Å². The lowest BCUT2D eigenvalue weighted by molar-refractivity contribution is -0.433. The molecule has 3 unspecified atom stereocenters. The molecule has 2 aliphatic carbocycles. The average Bonchev–Trinajstić information content (AvgIpc) is 2.95. The van der Waals surface area contributed by atoms with Gasteiger partial charge in [-0.2, -0.15) is 8.78 Å². The molecule has 0 aromatic heterocycles. The Morgan fingerprint density at radius 1 is 1.44 bits per heavy atom. The van der Waals surface area contributed by atoms with Crippen molar-refractivity contribution in [2.45, 2.75) is 18.1 Å². The van der Waals surface area contributed by atoms with E-state index < -0.39 is 23.3 Å². The van der Waals surface area contributed by atoms with Crippen LogP contribution in [0.4, 0.5) is 8.78 Å². The molecule has 0 radical (unpaired) electrons. The third-order valence-electron chi connectivity index (χ3n) is 3.25. The summed E-state index contributed by atoms with van der Waals surface area (Å²) >= 11 is -0.609. The first-order valence-electron chi connectivity index (χ1n) is 5.42. The minimum Gasteiger partial charge on any atom is -0.460 e. The van der Waals surface area contributed by atoms with Gasteiger partial charge < -0.3 is 4.74 Å². The normalized spacial score (nSPS) is 29.8. The zero-order valence-corrected chi connectivity index (χ0v) is 10.1. The highest BCUT2D eigenvalue weighted by Crippen LogP contribution is 2.43. The van der Waals surface area contributed by atoms with E-state index in [1.807, 2.05) is 6.08 Å². The fourth-order valence-electron chi connectivity index (χ4n) is 2.44. The van der Waals surface area contributed by atoms with Gasteiger partial charge in [-0.05, 0) is 30.6 Å². The van der Waals surface area contributed by atoms with Crippen LogP contribution in [0.3, 0.4) is 0 Å². The summed E-state index contributed by atoms with van der Waals surface area (Å²) in [6.07, 6.45) is 6.03. The van der Waals surface area contributed by atoms with E-state index in [0.29, 0.717) is 11.8 Å². The van der Waals surface area contributed by atoms with Crippen molar-refractivity contribution in [3.8, 4) is 0 Å². The number of hydrogen-bond acceptors (Lipinski definition) is 6. The first-order chi connectivity index (χ1) is 8.53. The molecule has 0 saturated heterocycles. The first-order valence-corrected chi connectivity index (χ1v) is 6.16. The summed E-state index contributed by atoms with van der Waals surface area (Å²) in [6.45, 7) is -0.0273. The average molecular weight is 282 g/mol. The van der Waals surface area contributed by atoms with Crippen molar-refractivity contribution < 1.29 is 32.9 Å². The number of rotatable bonds is 6. The molecule has 0 aromatic rings. The molecule has 0 spiro atoms. The van der Waals surface area contributed by atoms with Crippen LogP contribution in [0.25, 0.3) is 0 Å². The summed E-state index contributed by atoms with van der Waals surface area (Å²) in [5.41, 5.74) is 0. The van der Waals surface area contributed by atoms with Crippen molar-refractivity contribution >= 4 is 18.0 Å². The van der Waals surface area contributed by atoms with Crippen LogP contribution in [0.5, 0.6) is 0 Å². The van der Waals surface area contributed by atoms with E-state index in [1.54, 1.807) is 0 Å². The van der Waals surface area contributed by atoms with Crippen LogP contribution in [0.1, 0.15) is 12.8 Å². The van der Waals surface area contributed by atoms with E-state index >= 15 is 0 Å². The number of alkyl halides is 2. The maximum atomic E-state index is 13.0. The summed E-state index contributed by atoms with van der Waals surface area (Å²) in [7, 11) is 0. The Labute approximate surface area is 106 Å². The van der Waals surface area contributed by atoms with E-state index in [-0.39, 0.29) is 12.5 Å². The molecule has 3 atom stereocenters. The fraction of sp³-hybridized carbons (Fsp3) is 0.700. The summed E-state index contributed by atoms with van der Waals surface area (Å²) in [5, 5.41) is 6.85. The minimum absolute atomic E-state index is 0.0273. The Hall–Kier alpha value is -0.700. The predicted octanol–water partition coefficient (Wildman–Crippen LogP) is 2.40. The molecule has 8 heteroatoms. The fourth-order valence-corrected chi connectivity index (χ4v) is 2.69. The van der Waals surface area contributed by atoms with Crippen LogP contribution in [0, 0.1) is 17.8 Å². The molecule has 2 aliphatic rings. The zero-order chi connectivity index (χ0) is 13.2. The second-order valence-corrected chi connectivity index (χ2v) is 5.20. The number of hydrogen-bond donors (Lipinski definition) is 1. The first kappa shape index (κ1) is 13.7. The molecule has 1 N–H and O–H groups in total. The van der Waals surface area contributed by atoms with Crippen LogP contribution >= 0.6 is 12.0 Å². The molecule has 5 nitrogen and oxygen atoms in total. The van der Waals surface area contributed by atoms with E-state index in [4.69, 9.17) is 5.26 Å². The van der Waals surface area contributed by atoms with Gasteiger partial charge in [0.05, 0.1) is 6.61 Å². The number of fused-ring (bicyclic) bond motifs is 2. The van der Waals surface area contributed by atoms with Crippen LogP contribution in [0.15, 0.2) is 12.2 Å². The monoisotopic (exact) mass is 282 g/mol. The maximum Gasteiger partial charge on any atom is 0.415 e. The van der Waals surface area contributed by atoms with E-state index in [9.17, 15) is 13.6 Å². The smallest absolute Gasteiger partial charge is 0.415 e. The lowest BCUT2D eigenvalue weighted by Crippen LogP contribution is -2.30. The van der Waals surface area contributed by atoms with Gasteiger partial charge in [-0.3, -0.25) is 0 Å². The summed E-state index contributed by atoms with van der Waals surface area (Å²) in [4.78, 5) is 11.1. The summed E-state index contributed by atoms with van der Waals surface area (Å²) < 4.78 is 34.2. The lowest BCUT2D eigenvalue weighted by Gasteiger charge is -2.19. The Morgan fingerprint density at radius 2 is 2.22 bits per heavy atom. The van der Waals surface area contributed by atoms with Crippen LogP contribution in [-0.4, -0.2) is 23.1 Å². The Morgan fingerprint density at radius 3 is 2.78 bits per heavy atom. The SMILES string of the molecule is O=C(OCC1CC2C=CC1C2)C(F)(F)SOOO. The Balaban J connectivity index is 1.76. The summed E-state index contributed by atoms with van der Waals surface area (Å²) in [5.74, 6) is -0.781. The molecule has 0 aromatic carbocycles. The van der Waals surface area contributed by atoms with Gasteiger partial charge in [-0.1, -0.05) is 17.2 Å². The van der Waals surface area contributed by atoms with E-state index in [2.05, 4.69) is 20.2 Å². The largest absolute Gasteiger partial charge is 0.460 e. The van der Waals surface area contributed by atoms with Crippen molar-refractivity contribution in [1.29, 1.82) is 0 Å². The quantitative estimate of drug-likeness (QED) is 0.265. The molecular formula is C10H12F2O5S. The van der Waals surface area contributed by atoms with Gasteiger partial charge >= 0.3 is 11.2 Å². The van der Waals surface area contributed by atoms with Crippen molar-refractivity contribution in [1.82, 2.24) is 0 Å². The van der Waals surface area contributed by atoms with Gasteiger partial charge in [0, 0.05) is 0 Å². The number of carbonyl (C=O) groups excluding carboxylic acids is 1. The summed E-state index contributed by atoms with van der Waals surface area (Å²) in [6, 6.07) is 0. The molecule has 0 heterocycles. The van der Waals surface area contributed by atoms with Crippen LogP contribution < -0.4 is 0 Å². The highest BCUT2D eigenvalue weighted by atomic mass is 32.2. The topological polar surface area (TPSA) is 65.0 Å². The third-order valence-corrected chi connectivity index (χ3v) is 3.76. The van der Waals surface area contributed by atoms with Gasteiger partial charge in [0.25, 0.3) is 0 Å². The number of ether oxygens (including phenoxy) is 1. The number of allylic oxidation sites excluding steroid dienone is 2. The molecule has 18 heavy (non-hydrogen) atoms. The van der Waals surface area contributed by atoms with Crippen molar-refractivity contribution in [3.63, 3.8) is 0 Å². The molecule has 1 saturated carbocycles. The molecule has 0 aliphatic heterocycles. The van der Waals surface area contributed by atoms with E-state index in [1.165, 1.54) is 0 Å². The minimum atomic E-state index is -3.91. The lowest BCUT2D eigenvalue weighted by atomic mass is 9.95. The van der Waals surface area contributed by atoms with Crippen LogP contribution in [0.2, 0.25) is 0 Å². The van der Waals surface area contributed by atoms with Gasteiger partial charge in [-0.15, -0.1) is 4.33 Å². The second-order valence-electron chi connectivity index (χ2n) is 4.38. The van der Waals surface area contributed by atoms with Crippen LogP contribution in [-0.2, 0) is 18.9 Å². The Kier molecular flexibility index (Phi) is 4.21. The maximum absolute atomic E-state index is 13.0. The van der Waals surface area contributed by atoms with Gasteiger partial charge in [0.15, 0.2) is 0 Å². The van der Waals surface area contributed by atoms with Crippen molar-refractivity contribution in [3.05, 3.63) is 12.2 Å². The number of halogens is 2. The molecule has 2 bridgehead atoms. The Bertz CT molecular complexity index is 349. The zero-order valence-electron chi connectivity index (χ0n) is 9.25. The second kappa shape index (κ2) is 5.52. The van der Waals surface area contributed by atoms with Gasteiger partial charge in [0.1, 0.15) is 12.0 Å². The standard InChI is InChI=1S/C10H12F2O5S/c11-10(12,18-17-16-14)9(13)15-5-8-4-6-1-2-7(8)3-6/h1-2,6-8,14H,3-5H2. The molecule has 102 valence electrons. The van der Waals surface area contributed by atoms with Crippen molar-refractivity contribution in [2.24, 2.45) is 17.8 Å². The molecule has 2 rings (SSSR count).